The van der Waals surface area contributed by atoms with Crippen LogP contribution in [0.15, 0.2) is 24.3 Å². The van der Waals surface area contributed by atoms with Gasteiger partial charge in [-0.3, -0.25) is 4.79 Å². The van der Waals surface area contributed by atoms with Gasteiger partial charge in [0.1, 0.15) is 10.6 Å². The first-order chi connectivity index (χ1) is 11.2. The van der Waals surface area contributed by atoms with E-state index in [0.717, 1.165) is 11.4 Å². The summed E-state index contributed by atoms with van der Waals surface area (Å²) in [6, 6.07) is 5.46. The maximum atomic E-state index is 12.5. The number of carbonyl (C=O) groups excluding carboxylic acids is 1. The molecule has 0 aliphatic heterocycles. The van der Waals surface area contributed by atoms with E-state index in [1.807, 2.05) is 6.92 Å². The molecule has 24 heavy (non-hydrogen) atoms. The van der Waals surface area contributed by atoms with Gasteiger partial charge in [-0.15, -0.1) is 24.5 Å². The summed E-state index contributed by atoms with van der Waals surface area (Å²) in [5.74, 6) is -0.438. The van der Waals surface area contributed by atoms with Gasteiger partial charge in [0.25, 0.3) is 5.91 Å². The van der Waals surface area contributed by atoms with Crippen LogP contribution in [0, 0.1) is 6.92 Å². The Morgan fingerprint density at radius 1 is 1.29 bits per heavy atom. The minimum absolute atomic E-state index is 0.152. The van der Waals surface area contributed by atoms with Crippen LogP contribution in [0.4, 0.5) is 13.2 Å². The smallest absolute Gasteiger partial charge is 0.406 e. The van der Waals surface area contributed by atoms with Crippen LogP contribution in [-0.2, 0) is 13.0 Å². The second-order valence-electron chi connectivity index (χ2n) is 5.23. The number of amides is 1. The Bertz CT molecular complexity index is 711. The number of alkyl halides is 3. The Hall–Kier alpha value is -2.09. The molecule has 0 saturated heterocycles. The molecule has 0 radical (unpaired) electrons. The standard InChI is InChI=1S/C16H17F3N2O2S/c1-4-13-20-10(2)14(24-13)15(22)21(3)9-11-5-7-12(8-6-11)23-16(17,18)19/h5-8H,4,9H2,1-3H3. The summed E-state index contributed by atoms with van der Waals surface area (Å²) < 4.78 is 40.2. The van der Waals surface area contributed by atoms with E-state index in [1.165, 1.54) is 40.5 Å². The van der Waals surface area contributed by atoms with Crippen molar-refractivity contribution in [2.24, 2.45) is 0 Å². The lowest BCUT2D eigenvalue weighted by Crippen LogP contribution is -2.26. The van der Waals surface area contributed by atoms with Crippen molar-refractivity contribution in [2.45, 2.75) is 33.2 Å². The van der Waals surface area contributed by atoms with Crippen molar-refractivity contribution in [3.8, 4) is 5.75 Å². The summed E-state index contributed by atoms with van der Waals surface area (Å²) in [5.41, 5.74) is 1.40. The van der Waals surface area contributed by atoms with Gasteiger partial charge in [-0.2, -0.15) is 0 Å². The zero-order chi connectivity index (χ0) is 17.9. The first-order valence-corrected chi connectivity index (χ1v) is 8.07. The summed E-state index contributed by atoms with van der Waals surface area (Å²) in [5, 5.41) is 0.901. The maximum Gasteiger partial charge on any atom is 0.573 e. The molecule has 130 valence electrons. The number of rotatable bonds is 5. The average molecular weight is 358 g/mol. The van der Waals surface area contributed by atoms with Gasteiger partial charge >= 0.3 is 6.36 Å². The van der Waals surface area contributed by atoms with E-state index in [4.69, 9.17) is 0 Å². The zero-order valence-electron chi connectivity index (χ0n) is 13.5. The number of nitrogens with zero attached hydrogens (tertiary/aromatic N) is 2. The van der Waals surface area contributed by atoms with Gasteiger partial charge in [-0.1, -0.05) is 19.1 Å². The predicted octanol–water partition coefficient (Wildman–Crippen LogP) is 4.18. The molecule has 8 heteroatoms. The van der Waals surface area contributed by atoms with E-state index in [-0.39, 0.29) is 18.2 Å². The summed E-state index contributed by atoms with van der Waals surface area (Å²) in [6.45, 7) is 4.05. The fourth-order valence-corrected chi connectivity index (χ4v) is 3.12. The minimum atomic E-state index is -4.71. The molecule has 0 bridgehead atoms. The van der Waals surface area contributed by atoms with Crippen LogP contribution in [0.1, 0.15) is 32.9 Å². The minimum Gasteiger partial charge on any atom is -0.406 e. The van der Waals surface area contributed by atoms with Crippen LogP contribution in [0.5, 0.6) is 5.75 Å². The monoisotopic (exact) mass is 358 g/mol. The van der Waals surface area contributed by atoms with E-state index < -0.39 is 6.36 Å². The summed E-state index contributed by atoms with van der Waals surface area (Å²) in [6.07, 6.45) is -3.95. The third-order valence-corrected chi connectivity index (χ3v) is 4.55. The number of ether oxygens (including phenoxy) is 1. The summed E-state index contributed by atoms with van der Waals surface area (Å²) in [4.78, 5) is 18.9. The molecule has 4 nitrogen and oxygen atoms in total. The predicted molar refractivity (Wildman–Crippen MR) is 85.2 cm³/mol. The molecule has 0 unspecified atom stereocenters. The number of aryl methyl sites for hydroxylation is 2. The van der Waals surface area contributed by atoms with Crippen LogP contribution in [0.3, 0.4) is 0 Å². The van der Waals surface area contributed by atoms with Crippen molar-refractivity contribution >= 4 is 17.2 Å². The summed E-state index contributed by atoms with van der Waals surface area (Å²) >= 11 is 1.37. The Labute approximate surface area is 141 Å². The zero-order valence-corrected chi connectivity index (χ0v) is 14.3. The highest BCUT2D eigenvalue weighted by atomic mass is 32.1. The highest BCUT2D eigenvalue weighted by molar-refractivity contribution is 7.13. The lowest BCUT2D eigenvalue weighted by Gasteiger charge is -2.17. The van der Waals surface area contributed by atoms with Crippen LogP contribution in [0.25, 0.3) is 0 Å². The van der Waals surface area contributed by atoms with Gasteiger partial charge in [-0.05, 0) is 31.0 Å². The maximum absolute atomic E-state index is 12.5. The Balaban J connectivity index is 2.04. The van der Waals surface area contributed by atoms with Crippen molar-refractivity contribution in [3.05, 3.63) is 45.4 Å². The molecule has 1 amide bonds. The largest absolute Gasteiger partial charge is 0.573 e. The quantitative estimate of drug-likeness (QED) is 0.805. The molecule has 0 aliphatic carbocycles. The Kier molecular flexibility index (Phi) is 5.48. The Morgan fingerprint density at radius 3 is 2.42 bits per heavy atom. The van der Waals surface area contributed by atoms with Crippen molar-refractivity contribution < 1.29 is 22.7 Å². The second-order valence-corrected chi connectivity index (χ2v) is 6.31. The number of thiazole rings is 1. The van der Waals surface area contributed by atoms with Gasteiger partial charge in [0.15, 0.2) is 0 Å². The number of benzene rings is 1. The number of halogens is 3. The van der Waals surface area contributed by atoms with Crippen LogP contribution in [-0.4, -0.2) is 29.2 Å². The second kappa shape index (κ2) is 7.21. The molecule has 0 fully saturated rings. The van der Waals surface area contributed by atoms with Gasteiger partial charge in [0, 0.05) is 13.6 Å². The first kappa shape index (κ1) is 18.3. The third kappa shape index (κ3) is 4.70. The number of hydrogen-bond donors (Lipinski definition) is 0. The molecule has 1 heterocycles. The number of hydrogen-bond acceptors (Lipinski definition) is 4. The third-order valence-electron chi connectivity index (χ3n) is 3.26. The van der Waals surface area contributed by atoms with Crippen molar-refractivity contribution in [3.63, 3.8) is 0 Å². The molecular formula is C16H17F3N2O2S. The lowest BCUT2D eigenvalue weighted by atomic mass is 10.2. The summed E-state index contributed by atoms with van der Waals surface area (Å²) in [7, 11) is 1.65. The van der Waals surface area contributed by atoms with Crippen LogP contribution in [0.2, 0.25) is 0 Å². The number of aromatic nitrogens is 1. The van der Waals surface area contributed by atoms with Gasteiger partial charge < -0.3 is 9.64 Å². The SMILES string of the molecule is CCc1nc(C)c(C(=O)N(C)Cc2ccc(OC(F)(F)F)cc2)s1. The highest BCUT2D eigenvalue weighted by Gasteiger charge is 2.31. The average Bonchev–Trinajstić information content (AvgIpc) is 2.88. The number of carbonyl (C=O) groups is 1. The van der Waals surface area contributed by atoms with Gasteiger partial charge in [0.05, 0.1) is 10.7 Å². The van der Waals surface area contributed by atoms with Crippen molar-refractivity contribution in [2.75, 3.05) is 7.05 Å². The fourth-order valence-electron chi connectivity index (χ4n) is 2.12. The van der Waals surface area contributed by atoms with Gasteiger partial charge in [-0.25, -0.2) is 4.98 Å². The molecule has 2 rings (SSSR count). The van der Waals surface area contributed by atoms with Crippen LogP contribution < -0.4 is 4.74 Å². The topological polar surface area (TPSA) is 42.4 Å². The van der Waals surface area contributed by atoms with Crippen LogP contribution >= 0.6 is 11.3 Å². The van der Waals surface area contributed by atoms with Gasteiger partial charge in [0.2, 0.25) is 0 Å². The van der Waals surface area contributed by atoms with Crippen molar-refractivity contribution in [1.29, 1.82) is 0 Å². The molecule has 2 aromatic rings. The van der Waals surface area contributed by atoms with E-state index >= 15 is 0 Å². The molecule has 1 aromatic carbocycles. The Morgan fingerprint density at radius 2 is 1.92 bits per heavy atom. The fraction of sp³-hybridized carbons (Fsp3) is 0.375. The molecule has 1 aromatic heterocycles. The molecule has 0 atom stereocenters. The van der Waals surface area contributed by atoms with E-state index in [2.05, 4.69) is 9.72 Å². The molecule has 0 spiro atoms. The highest BCUT2D eigenvalue weighted by Crippen LogP contribution is 2.24. The molecule has 0 N–H and O–H groups in total. The van der Waals surface area contributed by atoms with Crippen molar-refractivity contribution in [1.82, 2.24) is 9.88 Å². The molecule has 0 saturated carbocycles. The van der Waals surface area contributed by atoms with E-state index in [9.17, 15) is 18.0 Å². The normalized spacial score (nSPS) is 11.4. The lowest BCUT2D eigenvalue weighted by molar-refractivity contribution is -0.274. The molecular weight excluding hydrogens is 341 g/mol. The molecule has 0 aliphatic rings. The van der Waals surface area contributed by atoms with E-state index in [0.29, 0.717) is 16.1 Å². The first-order valence-electron chi connectivity index (χ1n) is 7.26. The van der Waals surface area contributed by atoms with E-state index in [1.54, 1.807) is 14.0 Å².